The predicted octanol–water partition coefficient (Wildman–Crippen LogP) is 1.39. The molecule has 0 spiro atoms. The van der Waals surface area contributed by atoms with E-state index in [9.17, 15) is 4.79 Å². The first-order valence-electron chi connectivity index (χ1n) is 4.82. The molecule has 5 nitrogen and oxygen atoms in total. The zero-order valence-electron chi connectivity index (χ0n) is 8.23. The Balaban J connectivity index is 2.27. The molecule has 2 aromatic heterocycles. The SMILES string of the molecule is NC1Cc2sccc2-c2n[nH]c(C(=O)O)c21. The molecule has 0 fully saturated rings. The number of nitrogens with two attached hydrogens (primary N) is 1. The number of carbonyl (C=O) groups is 1. The van der Waals surface area contributed by atoms with Crippen LogP contribution < -0.4 is 5.73 Å². The summed E-state index contributed by atoms with van der Waals surface area (Å²) in [5.41, 5.74) is 8.41. The van der Waals surface area contributed by atoms with Crippen LogP contribution in [0, 0.1) is 0 Å². The highest BCUT2D eigenvalue weighted by Gasteiger charge is 2.30. The van der Waals surface area contributed by atoms with Crippen LogP contribution in [0.3, 0.4) is 0 Å². The molecule has 0 aromatic carbocycles. The highest BCUT2D eigenvalue weighted by Crippen LogP contribution is 2.40. The smallest absolute Gasteiger partial charge is 0.354 e. The Labute approximate surface area is 94.9 Å². The number of fused-ring (bicyclic) bond motifs is 3. The van der Waals surface area contributed by atoms with Gasteiger partial charge in [0.1, 0.15) is 5.69 Å². The quantitative estimate of drug-likeness (QED) is 0.696. The lowest BCUT2D eigenvalue weighted by atomic mass is 9.91. The van der Waals surface area contributed by atoms with Crippen molar-refractivity contribution in [2.75, 3.05) is 0 Å². The van der Waals surface area contributed by atoms with E-state index >= 15 is 0 Å². The van der Waals surface area contributed by atoms with Crippen molar-refractivity contribution in [2.24, 2.45) is 5.73 Å². The number of carboxylic acids is 1. The van der Waals surface area contributed by atoms with Crippen molar-refractivity contribution >= 4 is 17.3 Å². The molecule has 1 unspecified atom stereocenters. The molecule has 4 N–H and O–H groups in total. The minimum Gasteiger partial charge on any atom is -0.477 e. The second-order valence-electron chi connectivity index (χ2n) is 3.73. The van der Waals surface area contributed by atoms with Gasteiger partial charge < -0.3 is 10.8 Å². The topological polar surface area (TPSA) is 92.0 Å². The van der Waals surface area contributed by atoms with E-state index in [2.05, 4.69) is 10.2 Å². The Morgan fingerprint density at radius 3 is 3.25 bits per heavy atom. The molecular weight excluding hydrogens is 226 g/mol. The van der Waals surface area contributed by atoms with Crippen LogP contribution in [0.15, 0.2) is 11.4 Å². The van der Waals surface area contributed by atoms with Crippen molar-refractivity contribution < 1.29 is 9.90 Å². The fraction of sp³-hybridized carbons (Fsp3) is 0.200. The summed E-state index contributed by atoms with van der Waals surface area (Å²) in [4.78, 5) is 12.2. The number of aromatic carboxylic acids is 1. The van der Waals surface area contributed by atoms with Gasteiger partial charge >= 0.3 is 5.97 Å². The summed E-state index contributed by atoms with van der Waals surface area (Å²) in [6.45, 7) is 0. The molecule has 1 aliphatic carbocycles. The summed E-state index contributed by atoms with van der Waals surface area (Å²) < 4.78 is 0. The molecule has 0 saturated carbocycles. The third-order valence-corrected chi connectivity index (χ3v) is 3.74. The normalized spacial score (nSPS) is 17.9. The van der Waals surface area contributed by atoms with Gasteiger partial charge in [-0.1, -0.05) is 0 Å². The molecule has 3 rings (SSSR count). The highest BCUT2D eigenvalue weighted by molar-refractivity contribution is 7.10. The predicted molar refractivity (Wildman–Crippen MR) is 59.5 cm³/mol. The third kappa shape index (κ3) is 1.14. The Hall–Kier alpha value is -1.66. The molecule has 1 atom stereocenters. The fourth-order valence-electron chi connectivity index (χ4n) is 2.09. The molecule has 0 amide bonds. The molecule has 0 bridgehead atoms. The zero-order chi connectivity index (χ0) is 11.3. The van der Waals surface area contributed by atoms with Gasteiger partial charge in [0.15, 0.2) is 0 Å². The van der Waals surface area contributed by atoms with E-state index in [0.29, 0.717) is 17.7 Å². The number of H-pyrrole nitrogens is 1. The van der Waals surface area contributed by atoms with Gasteiger partial charge in [-0.3, -0.25) is 5.10 Å². The zero-order valence-corrected chi connectivity index (χ0v) is 9.04. The average molecular weight is 235 g/mol. The van der Waals surface area contributed by atoms with Crippen LogP contribution in [0.2, 0.25) is 0 Å². The van der Waals surface area contributed by atoms with Crippen molar-refractivity contribution in [3.8, 4) is 11.3 Å². The van der Waals surface area contributed by atoms with Gasteiger partial charge in [0.05, 0.1) is 5.69 Å². The van der Waals surface area contributed by atoms with E-state index in [1.165, 1.54) is 4.88 Å². The van der Waals surface area contributed by atoms with E-state index in [1.54, 1.807) is 11.3 Å². The van der Waals surface area contributed by atoms with E-state index < -0.39 is 5.97 Å². The minimum atomic E-state index is -1.01. The molecule has 1 aliphatic rings. The van der Waals surface area contributed by atoms with Gasteiger partial charge in [-0.25, -0.2) is 4.79 Å². The van der Waals surface area contributed by atoms with Crippen molar-refractivity contribution in [1.29, 1.82) is 0 Å². The molecule has 0 radical (unpaired) electrons. The van der Waals surface area contributed by atoms with Gasteiger partial charge in [0.25, 0.3) is 0 Å². The Kier molecular flexibility index (Phi) is 1.89. The Morgan fingerprint density at radius 2 is 2.50 bits per heavy atom. The fourth-order valence-corrected chi connectivity index (χ4v) is 3.03. The summed E-state index contributed by atoms with van der Waals surface area (Å²) in [6, 6.07) is 1.67. The molecule has 16 heavy (non-hydrogen) atoms. The molecule has 2 aromatic rings. The number of nitrogens with zero attached hydrogens (tertiary/aromatic N) is 1. The standard InChI is InChI=1S/C10H9N3O2S/c11-5-3-6-4(1-2-16-6)8-7(5)9(10(14)15)13-12-8/h1-2,5H,3,11H2,(H,12,13)(H,14,15). The second kappa shape index (κ2) is 3.16. The monoisotopic (exact) mass is 235 g/mol. The number of thiophene rings is 1. The lowest BCUT2D eigenvalue weighted by molar-refractivity contribution is 0.0688. The van der Waals surface area contributed by atoms with Crippen LogP contribution in [0.4, 0.5) is 0 Å². The summed E-state index contributed by atoms with van der Waals surface area (Å²) in [5.74, 6) is -1.01. The van der Waals surface area contributed by atoms with E-state index in [4.69, 9.17) is 10.8 Å². The van der Waals surface area contributed by atoms with Gasteiger partial charge in [0, 0.05) is 28.5 Å². The third-order valence-electron chi connectivity index (χ3n) is 2.79. The molecule has 6 heteroatoms. The maximum Gasteiger partial charge on any atom is 0.354 e. The van der Waals surface area contributed by atoms with Crippen LogP contribution in [0.5, 0.6) is 0 Å². The van der Waals surface area contributed by atoms with Crippen LogP contribution in [-0.4, -0.2) is 21.3 Å². The van der Waals surface area contributed by atoms with Gasteiger partial charge in [-0.2, -0.15) is 5.10 Å². The van der Waals surface area contributed by atoms with Crippen LogP contribution in [0.25, 0.3) is 11.3 Å². The Bertz CT molecular complexity index is 572. The maximum absolute atomic E-state index is 11.0. The van der Waals surface area contributed by atoms with E-state index in [-0.39, 0.29) is 11.7 Å². The maximum atomic E-state index is 11.0. The number of nitrogens with one attached hydrogen (secondary N) is 1. The van der Waals surface area contributed by atoms with Crippen molar-refractivity contribution in [2.45, 2.75) is 12.5 Å². The lowest BCUT2D eigenvalue weighted by Crippen LogP contribution is -2.19. The number of aromatic amines is 1. The molecule has 82 valence electrons. The van der Waals surface area contributed by atoms with E-state index in [1.807, 2.05) is 11.4 Å². The number of hydrogen-bond donors (Lipinski definition) is 3. The second-order valence-corrected chi connectivity index (χ2v) is 4.73. The van der Waals surface area contributed by atoms with Crippen LogP contribution in [0.1, 0.15) is 27.0 Å². The largest absolute Gasteiger partial charge is 0.477 e. The van der Waals surface area contributed by atoms with Gasteiger partial charge in [0.2, 0.25) is 0 Å². The molecule has 0 aliphatic heterocycles. The molecule has 2 heterocycles. The minimum absolute atomic E-state index is 0.111. The first kappa shape index (κ1) is 9.56. The number of carboxylic acid groups (broad SMARTS) is 1. The van der Waals surface area contributed by atoms with Gasteiger partial charge in [-0.15, -0.1) is 11.3 Å². The number of hydrogen-bond acceptors (Lipinski definition) is 4. The van der Waals surface area contributed by atoms with Crippen molar-refractivity contribution in [1.82, 2.24) is 10.2 Å². The number of aromatic nitrogens is 2. The molecular formula is C10H9N3O2S. The van der Waals surface area contributed by atoms with Crippen LogP contribution >= 0.6 is 11.3 Å². The summed E-state index contributed by atoms with van der Waals surface area (Å²) in [7, 11) is 0. The van der Waals surface area contributed by atoms with Crippen molar-refractivity contribution in [3.05, 3.63) is 27.6 Å². The highest BCUT2D eigenvalue weighted by atomic mass is 32.1. The summed E-state index contributed by atoms with van der Waals surface area (Å²) in [6.07, 6.45) is 0.680. The Morgan fingerprint density at radius 1 is 1.69 bits per heavy atom. The molecule has 0 saturated heterocycles. The summed E-state index contributed by atoms with van der Waals surface area (Å²) >= 11 is 1.63. The lowest BCUT2D eigenvalue weighted by Gasteiger charge is -2.18. The first-order chi connectivity index (χ1) is 7.68. The van der Waals surface area contributed by atoms with E-state index in [0.717, 1.165) is 5.56 Å². The van der Waals surface area contributed by atoms with Gasteiger partial charge in [-0.05, 0) is 11.4 Å². The summed E-state index contributed by atoms with van der Waals surface area (Å²) in [5, 5.41) is 17.6. The average Bonchev–Trinajstić information content (AvgIpc) is 2.80. The van der Waals surface area contributed by atoms with Crippen molar-refractivity contribution in [3.63, 3.8) is 0 Å². The first-order valence-corrected chi connectivity index (χ1v) is 5.70. The van der Waals surface area contributed by atoms with Crippen LogP contribution in [-0.2, 0) is 6.42 Å². The number of rotatable bonds is 1.